The number of benzene rings is 2. The number of aromatic nitrogens is 6. The molecule has 0 saturated heterocycles. The number of ether oxygens (including phenoxy) is 1. The number of nitrogens with one attached hydrogen (secondary N) is 1. The number of nitrogens with zero attached hydrogens (tertiary/aromatic N) is 6. The van der Waals surface area contributed by atoms with Gasteiger partial charge in [0.15, 0.2) is 18.1 Å². The van der Waals surface area contributed by atoms with Gasteiger partial charge in [0.2, 0.25) is 11.9 Å². The fraction of sp³-hybridized carbons (Fsp3) is 0.143. The zero-order chi connectivity index (χ0) is 21.8. The molecule has 156 valence electrons. The Morgan fingerprint density at radius 1 is 1.00 bits per heavy atom. The molecule has 0 amide bonds. The van der Waals surface area contributed by atoms with Crippen LogP contribution in [0.4, 0.5) is 17.6 Å². The lowest BCUT2D eigenvalue weighted by atomic mass is 10.2. The number of nitrogens with two attached hydrogens (primary N) is 1. The smallest absolute Gasteiger partial charge is 0.361 e. The van der Waals surface area contributed by atoms with Crippen LogP contribution in [-0.4, -0.2) is 35.9 Å². The van der Waals surface area contributed by atoms with Crippen LogP contribution in [0.2, 0.25) is 0 Å². The van der Waals surface area contributed by atoms with Crippen molar-refractivity contribution in [2.45, 2.75) is 20.5 Å². The third-order valence-corrected chi connectivity index (χ3v) is 4.30. The molecule has 0 atom stereocenters. The van der Waals surface area contributed by atoms with Crippen LogP contribution >= 0.6 is 0 Å². The molecule has 0 saturated carbocycles. The van der Waals surface area contributed by atoms with Crippen LogP contribution in [0.15, 0.2) is 54.6 Å². The molecule has 0 unspecified atom stereocenters. The predicted octanol–water partition coefficient (Wildman–Crippen LogP) is 2.75. The van der Waals surface area contributed by atoms with Crippen LogP contribution in [0.5, 0.6) is 0 Å². The van der Waals surface area contributed by atoms with Crippen molar-refractivity contribution < 1.29 is 9.53 Å². The van der Waals surface area contributed by atoms with E-state index < -0.39 is 5.97 Å². The second-order valence-corrected chi connectivity index (χ2v) is 6.76. The topological polar surface area (TPSA) is 134 Å². The molecule has 0 fully saturated rings. The maximum absolute atomic E-state index is 12.5. The van der Waals surface area contributed by atoms with E-state index in [9.17, 15) is 4.79 Å². The number of carbonyl (C=O) groups excluding carboxylic acids is 1. The summed E-state index contributed by atoms with van der Waals surface area (Å²) in [6, 6.07) is 17.0. The third-order valence-electron chi connectivity index (χ3n) is 4.30. The van der Waals surface area contributed by atoms with Gasteiger partial charge < -0.3 is 15.8 Å². The van der Waals surface area contributed by atoms with Crippen LogP contribution < -0.4 is 11.1 Å². The molecule has 4 rings (SSSR count). The first-order valence-electron chi connectivity index (χ1n) is 9.48. The molecule has 2 aromatic heterocycles. The van der Waals surface area contributed by atoms with Crippen LogP contribution in [0.1, 0.15) is 27.6 Å². The predicted molar refractivity (Wildman–Crippen MR) is 114 cm³/mol. The van der Waals surface area contributed by atoms with Crippen molar-refractivity contribution in [2.24, 2.45) is 0 Å². The Bertz CT molecular complexity index is 1210. The summed E-state index contributed by atoms with van der Waals surface area (Å²) in [6.45, 7) is 3.50. The Labute approximate surface area is 178 Å². The number of rotatable bonds is 6. The minimum absolute atomic E-state index is 0.0156. The largest absolute Gasteiger partial charge is 0.453 e. The first-order chi connectivity index (χ1) is 15.0. The van der Waals surface area contributed by atoms with Gasteiger partial charge in [-0.2, -0.15) is 24.8 Å². The molecular formula is C21H20N8O2. The molecule has 0 aliphatic heterocycles. The number of anilines is 3. The highest BCUT2D eigenvalue weighted by molar-refractivity contribution is 5.88. The van der Waals surface area contributed by atoms with Gasteiger partial charge in [0, 0.05) is 5.69 Å². The number of esters is 1. The monoisotopic (exact) mass is 416 g/mol. The molecule has 4 aromatic rings. The van der Waals surface area contributed by atoms with Crippen molar-refractivity contribution in [3.8, 4) is 5.69 Å². The van der Waals surface area contributed by atoms with Crippen LogP contribution in [0.25, 0.3) is 5.69 Å². The van der Waals surface area contributed by atoms with Crippen LogP contribution in [0.3, 0.4) is 0 Å². The maximum Gasteiger partial charge on any atom is 0.361 e. The van der Waals surface area contributed by atoms with E-state index in [4.69, 9.17) is 10.5 Å². The van der Waals surface area contributed by atoms with E-state index in [1.807, 2.05) is 61.5 Å². The number of hydrogen-bond acceptors (Lipinski definition) is 9. The minimum atomic E-state index is -0.633. The normalized spacial score (nSPS) is 10.6. The minimum Gasteiger partial charge on any atom is -0.453 e. The zero-order valence-electron chi connectivity index (χ0n) is 17.0. The van der Waals surface area contributed by atoms with Crippen LogP contribution in [-0.2, 0) is 11.3 Å². The van der Waals surface area contributed by atoms with Gasteiger partial charge in [0.1, 0.15) is 0 Å². The Balaban J connectivity index is 1.45. The van der Waals surface area contributed by atoms with E-state index in [2.05, 4.69) is 30.5 Å². The van der Waals surface area contributed by atoms with Gasteiger partial charge >= 0.3 is 5.97 Å². The van der Waals surface area contributed by atoms with Crippen molar-refractivity contribution in [3.63, 3.8) is 0 Å². The lowest BCUT2D eigenvalue weighted by Gasteiger charge is -2.08. The summed E-state index contributed by atoms with van der Waals surface area (Å²) in [5.74, 6) is -0.147. The van der Waals surface area contributed by atoms with Gasteiger partial charge in [0.25, 0.3) is 0 Å². The summed E-state index contributed by atoms with van der Waals surface area (Å²) in [4.78, 5) is 26.3. The average molecular weight is 416 g/mol. The van der Waals surface area contributed by atoms with Crippen molar-refractivity contribution in [1.29, 1.82) is 0 Å². The first kappa shape index (κ1) is 20.0. The third kappa shape index (κ3) is 4.81. The lowest BCUT2D eigenvalue weighted by Crippen LogP contribution is -2.12. The molecule has 0 aliphatic rings. The van der Waals surface area contributed by atoms with Crippen molar-refractivity contribution in [1.82, 2.24) is 29.9 Å². The Hall–Kier alpha value is -4.34. The van der Waals surface area contributed by atoms with Gasteiger partial charge in [0.05, 0.1) is 11.4 Å². The zero-order valence-corrected chi connectivity index (χ0v) is 17.0. The molecule has 3 N–H and O–H groups in total. The number of para-hydroxylation sites is 1. The van der Waals surface area contributed by atoms with Gasteiger partial charge in [-0.25, -0.2) is 4.79 Å². The molecule has 2 heterocycles. The number of carbonyl (C=O) groups is 1. The summed E-state index contributed by atoms with van der Waals surface area (Å²) in [5, 5.41) is 11.6. The summed E-state index contributed by atoms with van der Waals surface area (Å²) in [5.41, 5.74) is 9.01. The van der Waals surface area contributed by atoms with E-state index in [1.165, 1.54) is 4.80 Å². The Morgan fingerprint density at radius 3 is 2.48 bits per heavy atom. The summed E-state index contributed by atoms with van der Waals surface area (Å²) in [7, 11) is 0. The quantitative estimate of drug-likeness (QED) is 0.455. The second kappa shape index (κ2) is 8.57. The summed E-state index contributed by atoms with van der Waals surface area (Å²) in [6.07, 6.45) is 0. The molecular weight excluding hydrogens is 396 g/mol. The van der Waals surface area contributed by atoms with E-state index in [0.29, 0.717) is 5.69 Å². The molecule has 10 nitrogen and oxygen atoms in total. The lowest BCUT2D eigenvalue weighted by molar-refractivity contribution is 0.0454. The number of hydrogen-bond donors (Lipinski definition) is 2. The van der Waals surface area contributed by atoms with Gasteiger partial charge in [-0.15, -0.1) is 5.10 Å². The SMILES string of the molecule is Cc1ccc(Nc2nc(N)nc(COC(=O)c3nn(-c4ccccc4)nc3C)n2)cc1. The van der Waals surface area contributed by atoms with Crippen LogP contribution in [0, 0.1) is 13.8 Å². The maximum atomic E-state index is 12.5. The van der Waals surface area contributed by atoms with E-state index in [0.717, 1.165) is 16.9 Å². The molecule has 0 bridgehead atoms. The number of nitrogen functional groups attached to an aromatic ring is 1. The standard InChI is InChI=1S/C21H20N8O2/c1-13-8-10-15(11-9-13)23-21-25-17(24-20(22)26-21)12-31-19(30)18-14(2)27-29(28-18)16-6-4-3-5-7-16/h3-11H,12H2,1-2H3,(H3,22,23,24,25,26). The number of aryl methyl sites for hydroxylation is 2. The molecule has 0 aliphatic carbocycles. The van der Waals surface area contributed by atoms with Crippen molar-refractivity contribution >= 4 is 23.6 Å². The van der Waals surface area contributed by atoms with E-state index in [1.54, 1.807) is 6.92 Å². The molecule has 31 heavy (non-hydrogen) atoms. The fourth-order valence-corrected chi connectivity index (χ4v) is 2.77. The fourth-order valence-electron chi connectivity index (χ4n) is 2.77. The molecule has 0 radical (unpaired) electrons. The van der Waals surface area contributed by atoms with E-state index >= 15 is 0 Å². The molecule has 0 spiro atoms. The first-order valence-corrected chi connectivity index (χ1v) is 9.48. The average Bonchev–Trinajstić information content (AvgIpc) is 3.16. The van der Waals surface area contributed by atoms with Crippen molar-refractivity contribution in [2.75, 3.05) is 11.1 Å². The molecule has 2 aromatic carbocycles. The Morgan fingerprint density at radius 2 is 1.74 bits per heavy atom. The van der Waals surface area contributed by atoms with Crippen molar-refractivity contribution in [3.05, 3.63) is 77.4 Å². The Kier molecular flexibility index (Phi) is 5.52. The van der Waals surface area contributed by atoms with Gasteiger partial charge in [-0.1, -0.05) is 35.9 Å². The highest BCUT2D eigenvalue weighted by Gasteiger charge is 2.19. The van der Waals surface area contributed by atoms with E-state index in [-0.39, 0.29) is 30.0 Å². The highest BCUT2D eigenvalue weighted by atomic mass is 16.5. The van der Waals surface area contributed by atoms with Gasteiger partial charge in [-0.05, 0) is 38.1 Å². The summed E-state index contributed by atoms with van der Waals surface area (Å²) >= 11 is 0. The van der Waals surface area contributed by atoms with Gasteiger partial charge in [-0.3, -0.25) is 0 Å². The molecule has 10 heteroatoms. The highest BCUT2D eigenvalue weighted by Crippen LogP contribution is 2.15. The second-order valence-electron chi connectivity index (χ2n) is 6.76. The summed E-state index contributed by atoms with van der Waals surface area (Å²) < 4.78 is 5.33.